The fourth-order valence-electron chi connectivity index (χ4n) is 3.87. The monoisotopic (exact) mass is 389 g/mol. The lowest BCUT2D eigenvalue weighted by Gasteiger charge is -2.34. The number of carbonyl (C=O) groups is 1. The number of amides is 1. The third-order valence-electron chi connectivity index (χ3n) is 5.64. The van der Waals surface area contributed by atoms with Crippen molar-refractivity contribution in [3.05, 3.63) is 29.1 Å². The maximum absolute atomic E-state index is 13.2. The summed E-state index contributed by atoms with van der Waals surface area (Å²) in [6, 6.07) is 4.75. The number of carbonyl (C=O) groups excluding carboxylic acids is 1. The van der Waals surface area contributed by atoms with Crippen LogP contribution in [0.2, 0.25) is 0 Å². The van der Waals surface area contributed by atoms with E-state index in [0.717, 1.165) is 63.1 Å². The van der Waals surface area contributed by atoms with Crippen molar-refractivity contribution in [1.29, 1.82) is 0 Å². The van der Waals surface area contributed by atoms with E-state index in [1.807, 2.05) is 0 Å². The SMILES string of the molecule is CCc1cc([C@@H](C)N(C(=O)[C@H]2CNCCO2)C2CC2)cc(CCCCOC)n1. The lowest BCUT2D eigenvalue weighted by atomic mass is 10.0. The molecule has 1 aromatic rings. The van der Waals surface area contributed by atoms with Crippen molar-refractivity contribution in [2.45, 2.75) is 70.6 Å². The molecule has 0 spiro atoms. The predicted molar refractivity (Wildman–Crippen MR) is 109 cm³/mol. The minimum atomic E-state index is -0.363. The summed E-state index contributed by atoms with van der Waals surface area (Å²) >= 11 is 0. The molecule has 2 heterocycles. The van der Waals surface area contributed by atoms with Crippen molar-refractivity contribution >= 4 is 5.91 Å². The van der Waals surface area contributed by atoms with Crippen LogP contribution in [0, 0.1) is 0 Å². The standard InChI is InChI=1S/C22H35N3O3/c1-4-18-13-17(14-19(24-18)7-5-6-11-27-3)16(2)25(20-8-9-20)22(26)21-15-23-10-12-28-21/h13-14,16,20-21,23H,4-12,15H2,1-3H3/t16-,21-/m1/s1. The van der Waals surface area contributed by atoms with Crippen LogP contribution in [-0.2, 0) is 27.1 Å². The van der Waals surface area contributed by atoms with Crippen LogP contribution >= 0.6 is 0 Å². The van der Waals surface area contributed by atoms with E-state index >= 15 is 0 Å². The highest BCUT2D eigenvalue weighted by Gasteiger charge is 2.40. The highest BCUT2D eigenvalue weighted by atomic mass is 16.5. The van der Waals surface area contributed by atoms with E-state index in [9.17, 15) is 4.79 Å². The molecule has 1 aliphatic heterocycles. The van der Waals surface area contributed by atoms with Gasteiger partial charge in [-0.3, -0.25) is 9.78 Å². The largest absolute Gasteiger partial charge is 0.385 e. The zero-order valence-electron chi connectivity index (χ0n) is 17.6. The summed E-state index contributed by atoms with van der Waals surface area (Å²) in [5.74, 6) is 0.124. The zero-order chi connectivity index (χ0) is 19.9. The topological polar surface area (TPSA) is 63.7 Å². The molecule has 0 radical (unpaired) electrons. The van der Waals surface area contributed by atoms with Crippen LogP contribution in [0.4, 0.5) is 0 Å². The second kappa shape index (κ2) is 10.3. The number of methoxy groups -OCH3 is 1. The quantitative estimate of drug-likeness (QED) is 0.623. The van der Waals surface area contributed by atoms with Gasteiger partial charge in [-0.2, -0.15) is 0 Å². The van der Waals surface area contributed by atoms with E-state index in [-0.39, 0.29) is 18.1 Å². The number of ether oxygens (including phenoxy) is 2. The Morgan fingerprint density at radius 1 is 1.36 bits per heavy atom. The fourth-order valence-corrected chi connectivity index (χ4v) is 3.87. The molecule has 1 aromatic heterocycles. The molecule has 1 amide bonds. The van der Waals surface area contributed by atoms with Gasteiger partial charge in [0, 0.05) is 44.2 Å². The Morgan fingerprint density at radius 2 is 2.14 bits per heavy atom. The average molecular weight is 390 g/mol. The highest BCUT2D eigenvalue weighted by molar-refractivity contribution is 5.82. The first-order valence-corrected chi connectivity index (χ1v) is 10.8. The van der Waals surface area contributed by atoms with E-state index in [4.69, 9.17) is 14.5 Å². The van der Waals surface area contributed by atoms with Crippen LogP contribution in [-0.4, -0.2) is 61.3 Å². The van der Waals surface area contributed by atoms with Crippen molar-refractivity contribution in [1.82, 2.24) is 15.2 Å². The van der Waals surface area contributed by atoms with Gasteiger partial charge in [-0.05, 0) is 63.1 Å². The molecule has 1 saturated heterocycles. The van der Waals surface area contributed by atoms with Gasteiger partial charge >= 0.3 is 0 Å². The molecule has 0 bridgehead atoms. The summed E-state index contributed by atoms with van der Waals surface area (Å²) in [4.78, 5) is 20.1. The molecule has 0 unspecified atom stereocenters. The number of unbranched alkanes of at least 4 members (excludes halogenated alkanes) is 1. The second-order valence-electron chi connectivity index (χ2n) is 7.90. The first-order valence-electron chi connectivity index (χ1n) is 10.8. The van der Waals surface area contributed by atoms with Gasteiger partial charge in [0.2, 0.25) is 0 Å². The number of nitrogens with one attached hydrogen (secondary N) is 1. The molecule has 2 aliphatic rings. The number of pyridine rings is 1. The highest BCUT2D eigenvalue weighted by Crippen LogP contribution is 2.35. The number of rotatable bonds is 10. The van der Waals surface area contributed by atoms with Crippen LogP contribution < -0.4 is 5.32 Å². The molecule has 2 atom stereocenters. The first-order chi connectivity index (χ1) is 13.6. The molecule has 6 nitrogen and oxygen atoms in total. The molecule has 0 aromatic carbocycles. The van der Waals surface area contributed by atoms with Crippen LogP contribution in [0.5, 0.6) is 0 Å². The van der Waals surface area contributed by atoms with Gasteiger partial charge in [-0.1, -0.05) is 6.92 Å². The maximum Gasteiger partial charge on any atom is 0.253 e. The Morgan fingerprint density at radius 3 is 2.79 bits per heavy atom. The van der Waals surface area contributed by atoms with Gasteiger partial charge in [0.15, 0.2) is 0 Å². The summed E-state index contributed by atoms with van der Waals surface area (Å²) in [5.41, 5.74) is 3.42. The second-order valence-corrected chi connectivity index (χ2v) is 7.90. The van der Waals surface area contributed by atoms with E-state index in [0.29, 0.717) is 19.2 Å². The van der Waals surface area contributed by atoms with Gasteiger partial charge in [0.1, 0.15) is 6.10 Å². The maximum atomic E-state index is 13.2. The minimum Gasteiger partial charge on any atom is -0.385 e. The number of nitrogens with zero attached hydrogens (tertiary/aromatic N) is 2. The minimum absolute atomic E-state index is 0.0385. The van der Waals surface area contributed by atoms with Crippen molar-refractivity contribution in [3.63, 3.8) is 0 Å². The summed E-state index contributed by atoms with van der Waals surface area (Å²) in [7, 11) is 1.74. The number of morpholine rings is 1. The van der Waals surface area contributed by atoms with Gasteiger partial charge in [-0.15, -0.1) is 0 Å². The average Bonchev–Trinajstić information content (AvgIpc) is 3.56. The smallest absolute Gasteiger partial charge is 0.253 e. The summed E-state index contributed by atoms with van der Waals surface area (Å²) in [5, 5.41) is 3.28. The van der Waals surface area contributed by atoms with Gasteiger partial charge < -0.3 is 19.7 Å². The Labute approximate surface area is 169 Å². The number of hydrogen-bond acceptors (Lipinski definition) is 5. The summed E-state index contributed by atoms with van der Waals surface area (Å²) in [6.07, 6.45) is 5.77. The molecule has 3 rings (SSSR count). The number of hydrogen-bond donors (Lipinski definition) is 1. The van der Waals surface area contributed by atoms with Crippen LogP contribution in [0.15, 0.2) is 12.1 Å². The Balaban J connectivity index is 1.75. The normalized spacial score (nSPS) is 20.8. The molecule has 156 valence electrons. The molecule has 1 N–H and O–H groups in total. The zero-order valence-corrected chi connectivity index (χ0v) is 17.6. The Hall–Kier alpha value is -1.50. The van der Waals surface area contributed by atoms with Crippen LogP contribution in [0.25, 0.3) is 0 Å². The third kappa shape index (κ3) is 5.52. The summed E-state index contributed by atoms with van der Waals surface area (Å²) < 4.78 is 10.9. The van der Waals surface area contributed by atoms with Crippen LogP contribution in [0.3, 0.4) is 0 Å². The third-order valence-corrected chi connectivity index (χ3v) is 5.64. The van der Waals surface area contributed by atoms with Crippen molar-refractivity contribution in [2.24, 2.45) is 0 Å². The van der Waals surface area contributed by atoms with E-state index < -0.39 is 0 Å². The van der Waals surface area contributed by atoms with E-state index in [1.165, 1.54) is 5.56 Å². The van der Waals surface area contributed by atoms with Crippen molar-refractivity contribution in [3.8, 4) is 0 Å². The number of aromatic nitrogens is 1. The molecule has 6 heteroatoms. The first kappa shape index (κ1) is 21.2. The number of aryl methyl sites for hydroxylation is 2. The van der Waals surface area contributed by atoms with Crippen LogP contribution in [0.1, 0.15) is 62.5 Å². The van der Waals surface area contributed by atoms with Crippen molar-refractivity contribution < 1.29 is 14.3 Å². The van der Waals surface area contributed by atoms with E-state index in [1.54, 1.807) is 7.11 Å². The molecule has 1 aliphatic carbocycles. The molecular weight excluding hydrogens is 354 g/mol. The fraction of sp³-hybridized carbons (Fsp3) is 0.727. The van der Waals surface area contributed by atoms with Gasteiger partial charge in [-0.25, -0.2) is 0 Å². The molecular formula is C22H35N3O3. The Kier molecular flexibility index (Phi) is 7.82. The van der Waals surface area contributed by atoms with Gasteiger partial charge in [0.05, 0.1) is 12.6 Å². The lowest BCUT2D eigenvalue weighted by Crippen LogP contribution is -2.50. The summed E-state index contributed by atoms with van der Waals surface area (Å²) in [6.45, 7) is 7.10. The van der Waals surface area contributed by atoms with Gasteiger partial charge in [0.25, 0.3) is 5.91 Å². The predicted octanol–water partition coefficient (Wildman–Crippen LogP) is 2.65. The Bertz CT molecular complexity index is 642. The van der Waals surface area contributed by atoms with E-state index in [2.05, 4.69) is 36.2 Å². The lowest BCUT2D eigenvalue weighted by molar-refractivity contribution is -0.148. The molecule has 2 fully saturated rings. The van der Waals surface area contributed by atoms with Crippen molar-refractivity contribution in [2.75, 3.05) is 33.4 Å². The molecule has 28 heavy (non-hydrogen) atoms. The molecule has 1 saturated carbocycles.